The van der Waals surface area contributed by atoms with E-state index < -0.39 is 11.9 Å². The fraction of sp³-hybridized carbons (Fsp3) is 0.462. The van der Waals surface area contributed by atoms with Crippen LogP contribution in [0.25, 0.3) is 0 Å². The molecule has 1 fully saturated rings. The van der Waals surface area contributed by atoms with Gasteiger partial charge in [-0.15, -0.1) is 11.3 Å². The number of hydrogen-bond acceptors (Lipinski definition) is 4. The van der Waals surface area contributed by atoms with E-state index in [0.29, 0.717) is 11.3 Å². The van der Waals surface area contributed by atoms with E-state index in [4.69, 9.17) is 0 Å². The van der Waals surface area contributed by atoms with E-state index >= 15 is 0 Å². The SMILES string of the molecule is CCc1ccc(C(=O)N2CC(=O)NC(=O)C2CC)s1. The lowest BCUT2D eigenvalue weighted by Crippen LogP contribution is -2.59. The highest BCUT2D eigenvalue weighted by Gasteiger charge is 2.36. The molecule has 0 bridgehead atoms. The molecule has 0 radical (unpaired) electrons. The number of piperazine rings is 1. The van der Waals surface area contributed by atoms with E-state index in [0.717, 1.165) is 11.3 Å². The van der Waals surface area contributed by atoms with Crippen molar-refractivity contribution in [2.24, 2.45) is 0 Å². The summed E-state index contributed by atoms with van der Waals surface area (Å²) in [5, 5.41) is 2.26. The van der Waals surface area contributed by atoms with E-state index in [1.54, 1.807) is 6.07 Å². The molecule has 1 unspecified atom stereocenters. The van der Waals surface area contributed by atoms with Gasteiger partial charge in [-0.25, -0.2) is 0 Å². The molecule has 102 valence electrons. The van der Waals surface area contributed by atoms with Gasteiger partial charge in [0.25, 0.3) is 5.91 Å². The fourth-order valence-corrected chi connectivity index (χ4v) is 3.01. The molecule has 1 saturated heterocycles. The number of amides is 3. The van der Waals surface area contributed by atoms with Gasteiger partial charge in [0.15, 0.2) is 0 Å². The Morgan fingerprint density at radius 1 is 1.42 bits per heavy atom. The van der Waals surface area contributed by atoms with Crippen LogP contribution in [0.2, 0.25) is 0 Å². The molecule has 19 heavy (non-hydrogen) atoms. The first-order chi connectivity index (χ1) is 9.06. The summed E-state index contributed by atoms with van der Waals surface area (Å²) >= 11 is 1.42. The zero-order valence-electron chi connectivity index (χ0n) is 10.9. The average Bonchev–Trinajstić information content (AvgIpc) is 2.85. The van der Waals surface area contributed by atoms with Crippen molar-refractivity contribution in [2.75, 3.05) is 6.54 Å². The predicted molar refractivity (Wildman–Crippen MR) is 72.0 cm³/mol. The first-order valence-corrected chi connectivity index (χ1v) is 7.11. The molecule has 0 aromatic carbocycles. The molecule has 2 heterocycles. The molecule has 1 aromatic rings. The van der Waals surface area contributed by atoms with Gasteiger partial charge in [-0.05, 0) is 25.0 Å². The van der Waals surface area contributed by atoms with Crippen LogP contribution in [0, 0.1) is 0 Å². The van der Waals surface area contributed by atoms with Crippen LogP contribution in [0.3, 0.4) is 0 Å². The first kappa shape index (κ1) is 13.7. The van der Waals surface area contributed by atoms with Gasteiger partial charge in [-0.2, -0.15) is 0 Å². The van der Waals surface area contributed by atoms with Crippen LogP contribution in [-0.4, -0.2) is 35.2 Å². The highest BCUT2D eigenvalue weighted by atomic mass is 32.1. The van der Waals surface area contributed by atoms with Crippen LogP contribution < -0.4 is 5.32 Å². The van der Waals surface area contributed by atoms with Crippen molar-refractivity contribution in [3.05, 3.63) is 21.9 Å². The molecule has 6 heteroatoms. The highest BCUT2D eigenvalue weighted by Crippen LogP contribution is 2.21. The van der Waals surface area contributed by atoms with E-state index in [-0.39, 0.29) is 18.4 Å². The number of nitrogens with one attached hydrogen (secondary N) is 1. The lowest BCUT2D eigenvalue weighted by molar-refractivity contribution is -0.138. The second-order valence-corrected chi connectivity index (χ2v) is 5.56. The van der Waals surface area contributed by atoms with Crippen molar-refractivity contribution in [1.82, 2.24) is 10.2 Å². The van der Waals surface area contributed by atoms with E-state index in [1.807, 2.05) is 19.9 Å². The first-order valence-electron chi connectivity index (χ1n) is 6.30. The van der Waals surface area contributed by atoms with Gasteiger partial charge in [0.1, 0.15) is 12.6 Å². The maximum absolute atomic E-state index is 12.4. The Kier molecular flexibility index (Phi) is 3.99. The van der Waals surface area contributed by atoms with Crippen LogP contribution in [-0.2, 0) is 16.0 Å². The van der Waals surface area contributed by atoms with Crippen molar-refractivity contribution in [3.63, 3.8) is 0 Å². The summed E-state index contributed by atoms with van der Waals surface area (Å²) in [7, 11) is 0. The molecular formula is C13H16N2O3S. The molecule has 5 nitrogen and oxygen atoms in total. The summed E-state index contributed by atoms with van der Waals surface area (Å²) < 4.78 is 0. The van der Waals surface area contributed by atoms with Gasteiger partial charge < -0.3 is 4.90 Å². The molecular weight excluding hydrogens is 264 g/mol. The van der Waals surface area contributed by atoms with Crippen LogP contribution in [0.4, 0.5) is 0 Å². The molecule has 0 saturated carbocycles. The van der Waals surface area contributed by atoms with Crippen molar-refractivity contribution >= 4 is 29.1 Å². The molecule has 1 aliphatic rings. The maximum atomic E-state index is 12.4. The molecule has 3 amide bonds. The number of thiophene rings is 1. The van der Waals surface area contributed by atoms with Gasteiger partial charge in [-0.3, -0.25) is 19.7 Å². The summed E-state index contributed by atoms with van der Waals surface area (Å²) in [5.74, 6) is -1.05. The van der Waals surface area contributed by atoms with E-state index in [9.17, 15) is 14.4 Å². The highest BCUT2D eigenvalue weighted by molar-refractivity contribution is 7.14. The molecule has 0 aliphatic carbocycles. The Labute approximate surface area is 115 Å². The molecule has 1 aromatic heterocycles. The van der Waals surface area contributed by atoms with Crippen LogP contribution in [0.5, 0.6) is 0 Å². The lowest BCUT2D eigenvalue weighted by Gasteiger charge is -2.33. The minimum Gasteiger partial charge on any atom is -0.317 e. The Morgan fingerprint density at radius 2 is 2.16 bits per heavy atom. The topological polar surface area (TPSA) is 66.5 Å². The number of rotatable bonds is 3. The molecule has 2 rings (SSSR count). The Bertz CT molecular complexity index is 524. The monoisotopic (exact) mass is 280 g/mol. The summed E-state index contributed by atoms with van der Waals surface area (Å²) in [6, 6.07) is 3.11. The smallest absolute Gasteiger partial charge is 0.265 e. The lowest BCUT2D eigenvalue weighted by atomic mass is 10.1. The van der Waals surface area contributed by atoms with Gasteiger partial charge in [0, 0.05) is 4.88 Å². The normalized spacial score (nSPS) is 19.5. The third-order valence-corrected chi connectivity index (χ3v) is 4.34. The zero-order chi connectivity index (χ0) is 14.0. The quantitative estimate of drug-likeness (QED) is 0.846. The zero-order valence-corrected chi connectivity index (χ0v) is 11.8. The van der Waals surface area contributed by atoms with Crippen molar-refractivity contribution < 1.29 is 14.4 Å². The maximum Gasteiger partial charge on any atom is 0.265 e. The minimum absolute atomic E-state index is 0.0531. The third-order valence-electron chi connectivity index (χ3n) is 3.12. The number of carbonyl (C=O) groups excluding carboxylic acids is 3. The van der Waals surface area contributed by atoms with Gasteiger partial charge in [0.2, 0.25) is 11.8 Å². The molecule has 0 spiro atoms. The van der Waals surface area contributed by atoms with Crippen LogP contribution in [0.1, 0.15) is 34.8 Å². The predicted octanol–water partition coefficient (Wildman–Crippen LogP) is 1.19. The number of hydrogen-bond donors (Lipinski definition) is 1. The molecule has 1 N–H and O–H groups in total. The average molecular weight is 280 g/mol. The number of nitrogens with zero attached hydrogens (tertiary/aromatic N) is 1. The number of imide groups is 1. The van der Waals surface area contributed by atoms with Crippen molar-refractivity contribution in [1.29, 1.82) is 0 Å². The van der Waals surface area contributed by atoms with Crippen LogP contribution in [0.15, 0.2) is 12.1 Å². The molecule has 1 aliphatic heterocycles. The van der Waals surface area contributed by atoms with Gasteiger partial charge in [-0.1, -0.05) is 13.8 Å². The van der Waals surface area contributed by atoms with Gasteiger partial charge >= 0.3 is 0 Å². The van der Waals surface area contributed by atoms with E-state index in [2.05, 4.69) is 5.32 Å². The Morgan fingerprint density at radius 3 is 2.74 bits per heavy atom. The van der Waals surface area contributed by atoms with E-state index in [1.165, 1.54) is 16.2 Å². The Hall–Kier alpha value is -1.69. The minimum atomic E-state index is -0.558. The second-order valence-electron chi connectivity index (χ2n) is 4.39. The summed E-state index contributed by atoms with van der Waals surface area (Å²) in [5.41, 5.74) is 0. The number of aryl methyl sites for hydroxylation is 1. The summed E-state index contributed by atoms with van der Waals surface area (Å²) in [6.45, 7) is 3.79. The standard InChI is InChI=1S/C13H16N2O3S/c1-3-8-5-6-10(19-8)13(18)15-7-11(16)14-12(17)9(15)4-2/h5-6,9H,3-4,7H2,1-2H3,(H,14,16,17). The summed E-state index contributed by atoms with van der Waals surface area (Å²) in [6.07, 6.45) is 1.37. The van der Waals surface area contributed by atoms with Crippen molar-refractivity contribution in [2.45, 2.75) is 32.7 Å². The number of carbonyl (C=O) groups is 3. The second kappa shape index (κ2) is 5.52. The largest absolute Gasteiger partial charge is 0.317 e. The van der Waals surface area contributed by atoms with Crippen molar-refractivity contribution in [3.8, 4) is 0 Å². The Balaban J connectivity index is 2.24. The molecule has 1 atom stereocenters. The van der Waals surface area contributed by atoms with Crippen LogP contribution >= 0.6 is 11.3 Å². The fourth-order valence-electron chi connectivity index (χ4n) is 2.11. The summed E-state index contributed by atoms with van der Waals surface area (Å²) in [4.78, 5) is 38.6. The third kappa shape index (κ3) is 2.68. The van der Waals surface area contributed by atoms with Gasteiger partial charge in [0.05, 0.1) is 4.88 Å².